The molecule has 6 heteroatoms. The Hall–Kier alpha value is -1.40. The first-order chi connectivity index (χ1) is 9.24. The number of rotatable bonds is 5. The standard InChI is InChI=1S/C13H18N2O3S/c1-18-8-6-14-12(16)10-4-2-7-15(10)13(17)11-5-3-9-19-11/h3,5,9-10H,2,4,6-8H2,1H3,(H,14,16)/t10-/m0/s1. The van der Waals surface area contributed by atoms with Crippen molar-refractivity contribution in [2.75, 3.05) is 26.8 Å². The highest BCUT2D eigenvalue weighted by Gasteiger charge is 2.34. The molecule has 1 aromatic heterocycles. The minimum absolute atomic E-state index is 0.0422. The number of nitrogens with one attached hydrogen (secondary N) is 1. The largest absolute Gasteiger partial charge is 0.383 e. The van der Waals surface area contributed by atoms with Crippen LogP contribution in [0.25, 0.3) is 0 Å². The van der Waals surface area contributed by atoms with Gasteiger partial charge in [0.05, 0.1) is 11.5 Å². The molecule has 2 amide bonds. The van der Waals surface area contributed by atoms with Gasteiger partial charge in [-0.1, -0.05) is 6.07 Å². The molecule has 2 heterocycles. The highest BCUT2D eigenvalue weighted by Crippen LogP contribution is 2.22. The van der Waals surface area contributed by atoms with Crippen LogP contribution in [0.3, 0.4) is 0 Å². The van der Waals surface area contributed by atoms with E-state index in [4.69, 9.17) is 4.74 Å². The van der Waals surface area contributed by atoms with Gasteiger partial charge < -0.3 is 15.0 Å². The molecule has 1 aliphatic heterocycles. The second-order valence-corrected chi connectivity index (χ2v) is 5.37. The topological polar surface area (TPSA) is 58.6 Å². The Kier molecular flexibility index (Phi) is 4.93. The molecule has 0 spiro atoms. The van der Waals surface area contributed by atoms with Crippen molar-refractivity contribution in [2.24, 2.45) is 0 Å². The third-order valence-corrected chi connectivity index (χ3v) is 4.01. The number of thiophene rings is 1. The summed E-state index contributed by atoms with van der Waals surface area (Å²) in [5.41, 5.74) is 0. The number of carbonyl (C=O) groups is 2. The fraction of sp³-hybridized carbons (Fsp3) is 0.538. The van der Waals surface area contributed by atoms with Crippen molar-refractivity contribution in [3.05, 3.63) is 22.4 Å². The number of nitrogens with zero attached hydrogens (tertiary/aromatic N) is 1. The lowest BCUT2D eigenvalue weighted by molar-refractivity contribution is -0.125. The summed E-state index contributed by atoms with van der Waals surface area (Å²) in [6.07, 6.45) is 1.61. The van der Waals surface area contributed by atoms with Crippen LogP contribution < -0.4 is 5.32 Å². The molecule has 1 saturated heterocycles. The van der Waals surface area contributed by atoms with Crippen molar-refractivity contribution in [1.82, 2.24) is 10.2 Å². The minimum Gasteiger partial charge on any atom is -0.383 e. The zero-order valence-electron chi connectivity index (χ0n) is 10.9. The first kappa shape index (κ1) is 14.0. The predicted molar refractivity (Wildman–Crippen MR) is 73.3 cm³/mol. The van der Waals surface area contributed by atoms with Gasteiger partial charge in [-0.05, 0) is 24.3 Å². The number of amides is 2. The first-order valence-electron chi connectivity index (χ1n) is 6.35. The van der Waals surface area contributed by atoms with Gasteiger partial charge in [-0.15, -0.1) is 11.3 Å². The fourth-order valence-corrected chi connectivity index (χ4v) is 2.90. The SMILES string of the molecule is COCCNC(=O)[C@@H]1CCCN1C(=O)c1cccs1. The van der Waals surface area contributed by atoms with E-state index < -0.39 is 0 Å². The monoisotopic (exact) mass is 282 g/mol. The Morgan fingerprint density at radius 1 is 1.58 bits per heavy atom. The van der Waals surface area contributed by atoms with Crippen LogP contribution in [-0.2, 0) is 9.53 Å². The van der Waals surface area contributed by atoms with E-state index in [-0.39, 0.29) is 17.9 Å². The number of methoxy groups -OCH3 is 1. The van der Waals surface area contributed by atoms with Gasteiger partial charge in [-0.2, -0.15) is 0 Å². The normalized spacial score (nSPS) is 18.6. The molecule has 1 aromatic rings. The molecule has 0 bridgehead atoms. The molecule has 19 heavy (non-hydrogen) atoms. The lowest BCUT2D eigenvalue weighted by atomic mass is 10.2. The summed E-state index contributed by atoms with van der Waals surface area (Å²) in [5.74, 6) is -0.126. The summed E-state index contributed by atoms with van der Waals surface area (Å²) in [6, 6.07) is 3.30. The molecule has 0 unspecified atom stereocenters. The number of hydrogen-bond donors (Lipinski definition) is 1. The van der Waals surface area contributed by atoms with Crippen molar-refractivity contribution < 1.29 is 14.3 Å². The van der Waals surface area contributed by atoms with Gasteiger partial charge in [0.1, 0.15) is 6.04 Å². The van der Waals surface area contributed by atoms with Gasteiger partial charge in [0.2, 0.25) is 5.91 Å². The first-order valence-corrected chi connectivity index (χ1v) is 7.23. The van der Waals surface area contributed by atoms with E-state index in [1.54, 1.807) is 18.1 Å². The number of hydrogen-bond acceptors (Lipinski definition) is 4. The Labute approximate surface area is 116 Å². The van der Waals surface area contributed by atoms with Gasteiger partial charge in [0.15, 0.2) is 0 Å². The van der Waals surface area contributed by atoms with Crippen molar-refractivity contribution in [1.29, 1.82) is 0 Å². The third kappa shape index (κ3) is 3.33. The minimum atomic E-state index is -0.341. The number of ether oxygens (including phenoxy) is 1. The molecule has 1 aliphatic rings. The van der Waals surface area contributed by atoms with E-state index >= 15 is 0 Å². The molecular formula is C13H18N2O3S. The number of carbonyl (C=O) groups excluding carboxylic acids is 2. The molecule has 5 nitrogen and oxygen atoms in total. The third-order valence-electron chi connectivity index (χ3n) is 3.15. The van der Waals surface area contributed by atoms with Gasteiger partial charge in [0.25, 0.3) is 5.91 Å². The van der Waals surface area contributed by atoms with Gasteiger partial charge >= 0.3 is 0 Å². The summed E-state index contributed by atoms with van der Waals surface area (Å²) < 4.78 is 4.89. The molecule has 1 fully saturated rings. The van der Waals surface area contributed by atoms with Crippen LogP contribution in [0.15, 0.2) is 17.5 Å². The Morgan fingerprint density at radius 3 is 3.11 bits per heavy atom. The maximum absolute atomic E-state index is 12.3. The van der Waals surface area contributed by atoms with Crippen molar-refractivity contribution in [2.45, 2.75) is 18.9 Å². The van der Waals surface area contributed by atoms with Crippen LogP contribution in [0.4, 0.5) is 0 Å². The summed E-state index contributed by atoms with van der Waals surface area (Å²) in [6.45, 7) is 1.61. The maximum atomic E-state index is 12.3. The van der Waals surface area contributed by atoms with E-state index in [1.807, 2.05) is 11.4 Å². The van der Waals surface area contributed by atoms with E-state index in [2.05, 4.69) is 5.32 Å². The van der Waals surface area contributed by atoms with Crippen molar-refractivity contribution >= 4 is 23.2 Å². The zero-order valence-corrected chi connectivity index (χ0v) is 11.7. The van der Waals surface area contributed by atoms with Gasteiger partial charge in [0, 0.05) is 20.2 Å². The van der Waals surface area contributed by atoms with E-state index in [0.717, 1.165) is 12.8 Å². The summed E-state index contributed by atoms with van der Waals surface area (Å²) in [7, 11) is 1.59. The van der Waals surface area contributed by atoms with E-state index in [1.165, 1.54) is 11.3 Å². The van der Waals surface area contributed by atoms with Crippen molar-refractivity contribution in [3.63, 3.8) is 0 Å². The second kappa shape index (κ2) is 6.68. The summed E-state index contributed by atoms with van der Waals surface area (Å²) >= 11 is 1.41. The highest BCUT2D eigenvalue weighted by molar-refractivity contribution is 7.12. The smallest absolute Gasteiger partial charge is 0.264 e. The van der Waals surface area contributed by atoms with Crippen LogP contribution in [-0.4, -0.2) is 49.6 Å². The fourth-order valence-electron chi connectivity index (χ4n) is 2.22. The lowest BCUT2D eigenvalue weighted by Gasteiger charge is -2.23. The average molecular weight is 282 g/mol. The molecule has 104 valence electrons. The van der Waals surface area contributed by atoms with Gasteiger partial charge in [-0.25, -0.2) is 0 Å². The van der Waals surface area contributed by atoms with Crippen LogP contribution in [0.2, 0.25) is 0 Å². The molecular weight excluding hydrogens is 264 g/mol. The average Bonchev–Trinajstić information content (AvgIpc) is 3.09. The summed E-state index contributed by atoms with van der Waals surface area (Å²) in [4.78, 5) is 26.7. The second-order valence-electron chi connectivity index (χ2n) is 4.42. The molecule has 1 atom stereocenters. The van der Waals surface area contributed by atoms with E-state index in [0.29, 0.717) is 24.6 Å². The van der Waals surface area contributed by atoms with Crippen LogP contribution in [0.1, 0.15) is 22.5 Å². The molecule has 0 aromatic carbocycles. The molecule has 0 aliphatic carbocycles. The molecule has 0 radical (unpaired) electrons. The van der Waals surface area contributed by atoms with E-state index in [9.17, 15) is 9.59 Å². The lowest BCUT2D eigenvalue weighted by Crippen LogP contribution is -2.46. The number of likely N-dealkylation sites (tertiary alicyclic amines) is 1. The zero-order chi connectivity index (χ0) is 13.7. The highest BCUT2D eigenvalue weighted by atomic mass is 32.1. The maximum Gasteiger partial charge on any atom is 0.264 e. The van der Waals surface area contributed by atoms with Crippen LogP contribution in [0.5, 0.6) is 0 Å². The van der Waals surface area contributed by atoms with Gasteiger partial charge in [-0.3, -0.25) is 9.59 Å². The predicted octanol–water partition coefficient (Wildman–Crippen LogP) is 1.12. The Bertz CT molecular complexity index is 433. The van der Waals surface area contributed by atoms with Crippen LogP contribution in [0, 0.1) is 0 Å². The Balaban J connectivity index is 1.96. The summed E-state index contributed by atoms with van der Waals surface area (Å²) in [5, 5.41) is 4.67. The molecule has 0 saturated carbocycles. The quantitative estimate of drug-likeness (QED) is 0.823. The Morgan fingerprint density at radius 2 is 2.42 bits per heavy atom. The molecule has 2 rings (SSSR count). The van der Waals surface area contributed by atoms with Crippen molar-refractivity contribution in [3.8, 4) is 0 Å². The van der Waals surface area contributed by atoms with Crippen LogP contribution >= 0.6 is 11.3 Å². The molecule has 1 N–H and O–H groups in total.